The molecule has 1 saturated carbocycles. The number of aryl methyl sites for hydroxylation is 1. The first-order chi connectivity index (χ1) is 12.1. The van der Waals surface area contributed by atoms with Crippen LogP contribution in [0.5, 0.6) is 0 Å². The van der Waals surface area contributed by atoms with Crippen LogP contribution in [0.25, 0.3) is 0 Å². The van der Waals surface area contributed by atoms with Gasteiger partial charge in [0, 0.05) is 0 Å². The second kappa shape index (κ2) is 8.77. The summed E-state index contributed by atoms with van der Waals surface area (Å²) in [7, 11) is -2.96. The molecule has 0 bridgehead atoms. The molecule has 0 heterocycles. The van der Waals surface area contributed by atoms with E-state index in [0.717, 1.165) is 62.6 Å². The minimum atomic E-state index is -4.28. The highest BCUT2D eigenvalue weighted by Gasteiger charge is 2.30. The Morgan fingerprint density at radius 3 is 2.04 bits per heavy atom. The fourth-order valence-corrected chi connectivity index (χ4v) is 5.04. The van der Waals surface area contributed by atoms with Gasteiger partial charge in [-0.15, -0.1) is 0 Å². The summed E-state index contributed by atoms with van der Waals surface area (Å²) in [5, 5.41) is -0.302. The quantitative estimate of drug-likeness (QED) is 0.602. The van der Waals surface area contributed by atoms with Crippen LogP contribution in [0.1, 0.15) is 63.5 Å². The van der Waals surface area contributed by atoms with Gasteiger partial charge in [0.2, 0.25) is 0 Å². The summed E-state index contributed by atoms with van der Waals surface area (Å²) < 4.78 is 61.7. The van der Waals surface area contributed by atoms with E-state index in [4.69, 9.17) is 0 Å². The van der Waals surface area contributed by atoms with Crippen LogP contribution in [-0.4, -0.2) is 19.4 Å². The van der Waals surface area contributed by atoms with Gasteiger partial charge < -0.3 is 0 Å². The smallest absolute Gasteiger partial charge is 0.229 e. The molecule has 0 radical (unpaired) electrons. The van der Waals surface area contributed by atoms with Crippen molar-refractivity contribution in [1.82, 2.24) is 0 Å². The van der Waals surface area contributed by atoms with Gasteiger partial charge in [-0.25, -0.2) is 8.42 Å². The molecule has 1 aromatic carbocycles. The number of benzene rings is 1. The van der Waals surface area contributed by atoms with Crippen molar-refractivity contribution in [2.24, 2.45) is 11.8 Å². The average Bonchev–Trinajstić information content (AvgIpc) is 2.56. The molecule has 1 fully saturated rings. The summed E-state index contributed by atoms with van der Waals surface area (Å²) in [4.78, 5) is 0. The Hall–Kier alpha value is -1.04. The van der Waals surface area contributed by atoms with Gasteiger partial charge in [0.25, 0.3) is 0 Å². The molecule has 2 rings (SSSR count). The Labute approximate surface area is 155 Å². The largest absolute Gasteiger partial charge is 0.416 e. The highest BCUT2D eigenvalue weighted by Crippen LogP contribution is 2.33. The number of hydrogen-bond donors (Lipinski definition) is 0. The maximum Gasteiger partial charge on any atom is 0.416 e. The molecular formula is C20H29F3O2S. The molecule has 0 N–H and O–H groups in total. The van der Waals surface area contributed by atoms with E-state index in [2.05, 4.69) is 0 Å². The normalized spacial score (nSPS) is 21.9. The van der Waals surface area contributed by atoms with Crippen LogP contribution < -0.4 is 0 Å². The molecule has 0 aromatic heterocycles. The van der Waals surface area contributed by atoms with Crippen LogP contribution in [0.3, 0.4) is 0 Å². The van der Waals surface area contributed by atoms with E-state index in [1.165, 1.54) is 0 Å². The topological polar surface area (TPSA) is 34.1 Å². The van der Waals surface area contributed by atoms with Crippen LogP contribution in [0.2, 0.25) is 0 Å². The second-order valence-corrected chi connectivity index (χ2v) is 10.5. The standard InChI is InChI=1S/C20H29F3O2S/c1-15(2)26(24,25)14-18-8-6-16(7-9-18)4-3-5-17-10-12-19(13-11-17)20(21,22)23/h10-13,15-16,18H,3-9,14H2,1-2H3. The van der Waals surface area contributed by atoms with Crippen molar-refractivity contribution in [3.05, 3.63) is 35.4 Å². The minimum Gasteiger partial charge on any atom is -0.229 e. The maximum atomic E-state index is 12.6. The van der Waals surface area contributed by atoms with E-state index in [1.807, 2.05) is 0 Å². The van der Waals surface area contributed by atoms with Crippen molar-refractivity contribution in [3.8, 4) is 0 Å². The van der Waals surface area contributed by atoms with Crippen molar-refractivity contribution in [2.45, 2.75) is 70.2 Å². The van der Waals surface area contributed by atoms with Crippen LogP contribution in [0, 0.1) is 11.8 Å². The highest BCUT2D eigenvalue weighted by atomic mass is 32.2. The predicted molar refractivity (Wildman–Crippen MR) is 98.8 cm³/mol. The molecular weight excluding hydrogens is 361 g/mol. The molecule has 1 aliphatic rings. The molecule has 0 saturated heterocycles. The molecule has 0 amide bonds. The van der Waals surface area contributed by atoms with Crippen molar-refractivity contribution >= 4 is 9.84 Å². The molecule has 1 aromatic rings. The van der Waals surface area contributed by atoms with E-state index in [-0.39, 0.29) is 11.2 Å². The first-order valence-electron chi connectivity index (χ1n) is 9.45. The van der Waals surface area contributed by atoms with Crippen molar-refractivity contribution in [3.63, 3.8) is 0 Å². The van der Waals surface area contributed by atoms with E-state index >= 15 is 0 Å². The Bertz CT molecular complexity index is 655. The summed E-state index contributed by atoms with van der Waals surface area (Å²) in [6.07, 6.45) is 2.60. The fourth-order valence-electron chi connectivity index (χ4n) is 3.66. The maximum absolute atomic E-state index is 12.6. The van der Waals surface area contributed by atoms with Gasteiger partial charge >= 0.3 is 6.18 Å². The lowest BCUT2D eigenvalue weighted by atomic mass is 9.80. The lowest BCUT2D eigenvalue weighted by Gasteiger charge is -2.28. The van der Waals surface area contributed by atoms with E-state index in [1.54, 1.807) is 26.0 Å². The third kappa shape index (κ3) is 6.29. The Morgan fingerprint density at radius 2 is 1.54 bits per heavy atom. The molecule has 0 spiro atoms. The molecule has 148 valence electrons. The highest BCUT2D eigenvalue weighted by molar-refractivity contribution is 7.91. The zero-order valence-electron chi connectivity index (χ0n) is 15.6. The summed E-state index contributed by atoms with van der Waals surface area (Å²) in [6.45, 7) is 3.48. The van der Waals surface area contributed by atoms with Gasteiger partial charge in [0.05, 0.1) is 16.6 Å². The molecule has 2 nitrogen and oxygen atoms in total. The lowest BCUT2D eigenvalue weighted by Crippen LogP contribution is -2.26. The van der Waals surface area contributed by atoms with Gasteiger partial charge in [-0.2, -0.15) is 13.2 Å². The monoisotopic (exact) mass is 390 g/mol. The van der Waals surface area contributed by atoms with Crippen molar-refractivity contribution in [1.29, 1.82) is 0 Å². The second-order valence-electron chi connectivity index (χ2n) is 7.85. The summed E-state index contributed by atoms with van der Waals surface area (Å²) in [5.41, 5.74) is 0.339. The molecule has 0 aliphatic heterocycles. The van der Waals surface area contributed by atoms with Crippen LogP contribution in [-0.2, 0) is 22.4 Å². The minimum absolute atomic E-state index is 0.286. The van der Waals surface area contributed by atoms with Gasteiger partial charge in [0.15, 0.2) is 9.84 Å². The van der Waals surface area contributed by atoms with Crippen LogP contribution in [0.4, 0.5) is 13.2 Å². The molecule has 26 heavy (non-hydrogen) atoms. The SMILES string of the molecule is CC(C)S(=O)(=O)CC1CCC(CCCc2ccc(C(F)(F)F)cc2)CC1. The zero-order valence-corrected chi connectivity index (χ0v) is 16.4. The molecule has 1 aliphatic carbocycles. The van der Waals surface area contributed by atoms with Crippen molar-refractivity contribution < 1.29 is 21.6 Å². The van der Waals surface area contributed by atoms with Gasteiger partial charge in [-0.3, -0.25) is 0 Å². The third-order valence-electron chi connectivity index (χ3n) is 5.51. The predicted octanol–water partition coefficient (Wildman–Crippen LogP) is 5.66. The Kier molecular flexibility index (Phi) is 7.17. The fraction of sp³-hybridized carbons (Fsp3) is 0.700. The lowest BCUT2D eigenvalue weighted by molar-refractivity contribution is -0.137. The Balaban J connectivity index is 1.70. The van der Waals surface area contributed by atoms with Crippen LogP contribution >= 0.6 is 0 Å². The van der Waals surface area contributed by atoms with Gasteiger partial charge in [0.1, 0.15) is 0 Å². The van der Waals surface area contributed by atoms with E-state index in [9.17, 15) is 21.6 Å². The average molecular weight is 391 g/mol. The number of rotatable bonds is 7. The first-order valence-corrected chi connectivity index (χ1v) is 11.2. The molecule has 0 unspecified atom stereocenters. The third-order valence-corrected chi connectivity index (χ3v) is 7.88. The number of alkyl halides is 3. The number of hydrogen-bond acceptors (Lipinski definition) is 2. The van der Waals surface area contributed by atoms with E-state index < -0.39 is 21.6 Å². The summed E-state index contributed by atoms with van der Waals surface area (Å²) in [5.74, 6) is 1.21. The molecule has 0 atom stereocenters. The first kappa shape index (κ1) is 21.3. The van der Waals surface area contributed by atoms with Crippen LogP contribution in [0.15, 0.2) is 24.3 Å². The zero-order chi connectivity index (χ0) is 19.4. The van der Waals surface area contributed by atoms with Gasteiger partial charge in [-0.1, -0.05) is 31.4 Å². The summed E-state index contributed by atoms with van der Waals surface area (Å²) >= 11 is 0. The number of halogens is 3. The summed E-state index contributed by atoms with van der Waals surface area (Å²) in [6, 6.07) is 5.43. The Morgan fingerprint density at radius 1 is 1.00 bits per heavy atom. The van der Waals surface area contributed by atoms with E-state index in [0.29, 0.717) is 11.7 Å². The number of sulfone groups is 1. The molecule has 6 heteroatoms. The van der Waals surface area contributed by atoms with Crippen molar-refractivity contribution in [2.75, 3.05) is 5.75 Å². The van der Waals surface area contributed by atoms with Gasteiger partial charge in [-0.05, 0) is 69.1 Å².